The van der Waals surface area contributed by atoms with Gasteiger partial charge in [0, 0.05) is 24.4 Å². The van der Waals surface area contributed by atoms with Gasteiger partial charge in [-0.1, -0.05) is 42.8 Å². The van der Waals surface area contributed by atoms with E-state index in [2.05, 4.69) is 35.6 Å². The molecule has 3 nitrogen and oxygen atoms in total. The van der Waals surface area contributed by atoms with Crippen LogP contribution in [-0.4, -0.2) is 18.4 Å². The van der Waals surface area contributed by atoms with Gasteiger partial charge in [0.2, 0.25) is 0 Å². The Morgan fingerprint density at radius 3 is 2.73 bits per heavy atom. The van der Waals surface area contributed by atoms with Crippen LogP contribution in [0.1, 0.15) is 66.1 Å². The molecule has 1 fully saturated rings. The van der Waals surface area contributed by atoms with Gasteiger partial charge in [0.15, 0.2) is 5.78 Å². The molecule has 4 rings (SSSR count). The molecule has 2 atom stereocenters. The van der Waals surface area contributed by atoms with Crippen molar-refractivity contribution in [1.82, 2.24) is 5.32 Å². The molecule has 0 saturated carbocycles. The molecular weight excluding hydrogens is 322 g/mol. The van der Waals surface area contributed by atoms with Gasteiger partial charge in [0.25, 0.3) is 0 Å². The van der Waals surface area contributed by atoms with E-state index in [1.807, 2.05) is 18.2 Å². The molecule has 1 heterocycles. The van der Waals surface area contributed by atoms with Crippen molar-refractivity contribution in [3.63, 3.8) is 0 Å². The fraction of sp³-hybridized carbons (Fsp3) is 0.435. The lowest BCUT2D eigenvalue weighted by Gasteiger charge is -2.29. The van der Waals surface area contributed by atoms with E-state index < -0.39 is 0 Å². The minimum atomic E-state index is 0.00328. The number of ketones is 1. The molecule has 0 bridgehead atoms. The van der Waals surface area contributed by atoms with Crippen LogP contribution in [0.25, 0.3) is 0 Å². The van der Waals surface area contributed by atoms with Gasteiger partial charge in [0.1, 0.15) is 11.9 Å². The van der Waals surface area contributed by atoms with Gasteiger partial charge in [-0.05, 0) is 55.5 Å². The second kappa shape index (κ2) is 8.05. The van der Waals surface area contributed by atoms with E-state index in [4.69, 9.17) is 4.74 Å². The van der Waals surface area contributed by atoms with E-state index in [9.17, 15) is 4.79 Å². The fourth-order valence-corrected chi connectivity index (χ4v) is 4.15. The molecule has 2 unspecified atom stereocenters. The summed E-state index contributed by atoms with van der Waals surface area (Å²) in [4.78, 5) is 12.2. The Hall–Kier alpha value is -2.13. The highest BCUT2D eigenvalue weighted by atomic mass is 16.5. The number of hydrogen-bond acceptors (Lipinski definition) is 3. The van der Waals surface area contributed by atoms with Gasteiger partial charge in [-0.2, -0.15) is 0 Å². The number of ether oxygens (including phenoxy) is 1. The topological polar surface area (TPSA) is 38.3 Å². The van der Waals surface area contributed by atoms with Crippen LogP contribution in [0, 0.1) is 0 Å². The van der Waals surface area contributed by atoms with Gasteiger partial charge in [-0.25, -0.2) is 0 Å². The van der Waals surface area contributed by atoms with Crippen molar-refractivity contribution in [2.24, 2.45) is 0 Å². The van der Waals surface area contributed by atoms with Crippen LogP contribution in [0.15, 0.2) is 48.5 Å². The molecule has 0 radical (unpaired) electrons. The Morgan fingerprint density at radius 1 is 1.04 bits per heavy atom. The second-order valence-corrected chi connectivity index (χ2v) is 7.50. The summed E-state index contributed by atoms with van der Waals surface area (Å²) in [5, 5.41) is 3.63. The van der Waals surface area contributed by atoms with Crippen LogP contribution in [-0.2, 0) is 6.42 Å². The number of nitrogens with one attached hydrogen (secondary N) is 1. The number of aryl methyl sites for hydroxylation is 1. The SMILES string of the molecule is O=C1CCCc2ccc(OC(CC3CCCCN3)c3ccccc3)cc21. The molecule has 0 aromatic heterocycles. The standard InChI is InChI=1S/C23H27NO2/c25-22-11-6-9-17-12-13-20(16-21(17)22)26-23(18-7-2-1-3-8-18)15-19-10-4-5-14-24-19/h1-3,7-8,12-13,16,19,23-24H,4-6,9-11,14-15H2. The molecule has 2 aromatic rings. The molecule has 26 heavy (non-hydrogen) atoms. The monoisotopic (exact) mass is 349 g/mol. The average Bonchev–Trinajstić information content (AvgIpc) is 2.70. The van der Waals surface area contributed by atoms with E-state index in [-0.39, 0.29) is 11.9 Å². The number of carbonyl (C=O) groups excluding carboxylic acids is 1. The lowest BCUT2D eigenvalue weighted by atomic mass is 9.90. The van der Waals surface area contributed by atoms with Crippen LogP contribution in [0.2, 0.25) is 0 Å². The van der Waals surface area contributed by atoms with Gasteiger partial charge in [-0.3, -0.25) is 4.79 Å². The lowest BCUT2D eigenvalue weighted by Crippen LogP contribution is -2.36. The van der Waals surface area contributed by atoms with E-state index in [1.165, 1.54) is 30.4 Å². The van der Waals surface area contributed by atoms with Gasteiger partial charge in [-0.15, -0.1) is 0 Å². The molecule has 1 saturated heterocycles. The average molecular weight is 349 g/mol. The third-order valence-corrected chi connectivity index (χ3v) is 5.59. The number of benzene rings is 2. The first-order valence-corrected chi connectivity index (χ1v) is 9.91. The maximum atomic E-state index is 12.2. The highest BCUT2D eigenvalue weighted by Crippen LogP contribution is 2.31. The Morgan fingerprint density at radius 2 is 1.92 bits per heavy atom. The summed E-state index contributed by atoms with van der Waals surface area (Å²) in [6.45, 7) is 1.10. The molecule has 0 spiro atoms. The van der Waals surface area contributed by atoms with Crippen molar-refractivity contribution < 1.29 is 9.53 Å². The summed E-state index contributed by atoms with van der Waals surface area (Å²) >= 11 is 0. The number of hydrogen-bond donors (Lipinski definition) is 1. The maximum Gasteiger partial charge on any atom is 0.163 e. The Balaban J connectivity index is 1.56. The van der Waals surface area contributed by atoms with Crippen LogP contribution in [0.3, 0.4) is 0 Å². The van der Waals surface area contributed by atoms with Crippen LogP contribution < -0.4 is 10.1 Å². The molecule has 0 amide bonds. The zero-order valence-electron chi connectivity index (χ0n) is 15.2. The maximum absolute atomic E-state index is 12.2. The molecular formula is C23H27NO2. The Bertz CT molecular complexity index is 750. The first-order valence-electron chi connectivity index (χ1n) is 9.91. The lowest BCUT2D eigenvalue weighted by molar-refractivity contribution is 0.0971. The smallest absolute Gasteiger partial charge is 0.163 e. The number of rotatable bonds is 5. The second-order valence-electron chi connectivity index (χ2n) is 7.50. The summed E-state index contributed by atoms with van der Waals surface area (Å²) in [6, 6.07) is 17.0. The number of carbonyl (C=O) groups is 1. The summed E-state index contributed by atoms with van der Waals surface area (Å²) in [6.07, 6.45) is 7.33. The van der Waals surface area contributed by atoms with Crippen LogP contribution in [0.4, 0.5) is 0 Å². The van der Waals surface area contributed by atoms with Crippen molar-refractivity contribution in [2.75, 3.05) is 6.54 Å². The predicted molar refractivity (Wildman–Crippen MR) is 104 cm³/mol. The van der Waals surface area contributed by atoms with Gasteiger partial charge in [0.05, 0.1) is 0 Å². The number of piperidine rings is 1. The summed E-state index contributed by atoms with van der Waals surface area (Å²) in [5.74, 6) is 1.06. The minimum absolute atomic E-state index is 0.00328. The Kier molecular flexibility index (Phi) is 5.35. The van der Waals surface area contributed by atoms with Crippen LogP contribution in [0.5, 0.6) is 5.75 Å². The van der Waals surface area contributed by atoms with E-state index in [0.717, 1.165) is 37.1 Å². The van der Waals surface area contributed by atoms with E-state index in [1.54, 1.807) is 0 Å². The minimum Gasteiger partial charge on any atom is -0.486 e. The number of fused-ring (bicyclic) bond motifs is 1. The molecule has 1 aliphatic carbocycles. The van der Waals surface area contributed by atoms with Gasteiger partial charge < -0.3 is 10.1 Å². The summed E-state index contributed by atoms with van der Waals surface area (Å²) in [7, 11) is 0. The molecule has 136 valence electrons. The van der Waals surface area contributed by atoms with Crippen LogP contribution >= 0.6 is 0 Å². The molecule has 1 aliphatic heterocycles. The highest BCUT2D eigenvalue weighted by molar-refractivity contribution is 5.98. The van der Waals surface area contributed by atoms with Crippen molar-refractivity contribution in [3.05, 3.63) is 65.2 Å². The Labute approximate surface area is 155 Å². The summed E-state index contributed by atoms with van der Waals surface area (Å²) < 4.78 is 6.43. The molecule has 2 aliphatic rings. The normalized spacial score (nSPS) is 21.1. The van der Waals surface area contributed by atoms with Crippen molar-refractivity contribution in [1.29, 1.82) is 0 Å². The van der Waals surface area contributed by atoms with Crippen molar-refractivity contribution in [3.8, 4) is 5.75 Å². The fourth-order valence-electron chi connectivity index (χ4n) is 4.15. The first-order chi connectivity index (χ1) is 12.8. The first kappa shape index (κ1) is 17.3. The molecule has 1 N–H and O–H groups in total. The van der Waals surface area contributed by atoms with Crippen molar-refractivity contribution in [2.45, 2.75) is 57.1 Å². The molecule has 2 aromatic carbocycles. The summed E-state index contributed by atoms with van der Waals surface area (Å²) in [5.41, 5.74) is 3.22. The largest absolute Gasteiger partial charge is 0.486 e. The third-order valence-electron chi connectivity index (χ3n) is 5.59. The quantitative estimate of drug-likeness (QED) is 0.838. The van der Waals surface area contributed by atoms with Gasteiger partial charge >= 0.3 is 0 Å². The molecule has 3 heteroatoms. The number of Topliss-reactive ketones (excluding diaryl/α,β-unsaturated/α-hetero) is 1. The zero-order chi connectivity index (χ0) is 17.8. The predicted octanol–water partition coefficient (Wildman–Crippen LogP) is 4.86. The zero-order valence-corrected chi connectivity index (χ0v) is 15.2. The highest BCUT2D eigenvalue weighted by Gasteiger charge is 2.23. The van der Waals surface area contributed by atoms with E-state index >= 15 is 0 Å². The van der Waals surface area contributed by atoms with Crippen molar-refractivity contribution >= 4 is 5.78 Å². The van der Waals surface area contributed by atoms with E-state index in [0.29, 0.717) is 12.5 Å². The third kappa shape index (κ3) is 3.99.